The molecule has 1 aromatic carbocycles. The number of aryl methyl sites for hydroxylation is 1. The molecule has 2 heterocycles. The third-order valence-electron chi connectivity index (χ3n) is 5.69. The standard InChI is InChI=1S/C24H25F4N3S2.CO2/c1-13(2)32-22-21(16-8-10-18(11-9-16)24(26,27)28)29-23(33-22)31-15(4)20(14(3)30-31)17-6-5-7-19(25)12-17;2-1-3/h5-8,12-13,18H,9-11H2,1-4H3;. The molecule has 0 aliphatic heterocycles. The van der Waals surface area contributed by atoms with Crippen molar-refractivity contribution in [2.75, 3.05) is 0 Å². The van der Waals surface area contributed by atoms with Crippen molar-refractivity contribution in [1.29, 1.82) is 0 Å². The van der Waals surface area contributed by atoms with E-state index in [9.17, 15) is 17.6 Å². The van der Waals surface area contributed by atoms with E-state index in [1.807, 2.05) is 19.9 Å². The van der Waals surface area contributed by atoms with Crippen LogP contribution in [0.2, 0.25) is 0 Å². The van der Waals surface area contributed by atoms with Gasteiger partial charge in [0, 0.05) is 10.8 Å². The van der Waals surface area contributed by atoms with E-state index in [4.69, 9.17) is 14.6 Å². The molecule has 1 unspecified atom stereocenters. The molecule has 4 rings (SSSR count). The number of hydrogen-bond donors (Lipinski definition) is 0. The summed E-state index contributed by atoms with van der Waals surface area (Å²) in [5.41, 5.74) is 4.83. The lowest BCUT2D eigenvalue weighted by atomic mass is 9.88. The van der Waals surface area contributed by atoms with E-state index in [0.29, 0.717) is 16.8 Å². The Morgan fingerprint density at radius 1 is 1.22 bits per heavy atom. The van der Waals surface area contributed by atoms with Gasteiger partial charge in [0.2, 0.25) is 5.13 Å². The van der Waals surface area contributed by atoms with Gasteiger partial charge in [0.05, 0.1) is 27.2 Å². The van der Waals surface area contributed by atoms with Gasteiger partial charge in [0.25, 0.3) is 0 Å². The minimum absolute atomic E-state index is 0.0128. The summed E-state index contributed by atoms with van der Waals surface area (Å²) in [7, 11) is 0. The molecule has 1 aliphatic carbocycles. The number of allylic oxidation sites excluding steroid dienone is 2. The molecule has 11 heteroatoms. The van der Waals surface area contributed by atoms with Gasteiger partial charge < -0.3 is 0 Å². The smallest absolute Gasteiger partial charge is 0.217 e. The molecule has 1 atom stereocenters. The Kier molecular flexibility index (Phi) is 8.92. The zero-order valence-corrected chi connectivity index (χ0v) is 21.8. The molecule has 0 bridgehead atoms. The summed E-state index contributed by atoms with van der Waals surface area (Å²) in [6.07, 6.45) is -1.80. The fourth-order valence-electron chi connectivity index (χ4n) is 4.12. The van der Waals surface area contributed by atoms with Crippen molar-refractivity contribution in [2.45, 2.75) is 62.6 Å². The maximum atomic E-state index is 13.8. The number of carbonyl (C=O) groups excluding carboxylic acids is 2. The van der Waals surface area contributed by atoms with Gasteiger partial charge in [-0.25, -0.2) is 14.1 Å². The first-order chi connectivity index (χ1) is 17.0. The third kappa shape index (κ3) is 6.32. The number of rotatable bonds is 5. The zero-order valence-electron chi connectivity index (χ0n) is 20.1. The first kappa shape index (κ1) is 27.8. The van der Waals surface area contributed by atoms with Crippen LogP contribution in [-0.2, 0) is 9.59 Å². The molecule has 0 N–H and O–H groups in total. The number of thioether (sulfide) groups is 1. The predicted octanol–water partition coefficient (Wildman–Crippen LogP) is 7.41. The molecular formula is C25H25F4N3O2S2. The number of hydrogen-bond acceptors (Lipinski definition) is 6. The molecule has 36 heavy (non-hydrogen) atoms. The zero-order chi connectivity index (χ0) is 26.6. The van der Waals surface area contributed by atoms with Crippen molar-refractivity contribution in [3.8, 4) is 16.3 Å². The Morgan fingerprint density at radius 3 is 2.47 bits per heavy atom. The number of alkyl halides is 3. The Labute approximate surface area is 214 Å². The quantitative estimate of drug-likeness (QED) is 0.249. The van der Waals surface area contributed by atoms with Crippen LogP contribution in [0.25, 0.3) is 21.8 Å². The Hall–Kier alpha value is -2.75. The largest absolute Gasteiger partial charge is 0.392 e. The molecule has 192 valence electrons. The molecule has 1 aliphatic rings. The van der Waals surface area contributed by atoms with Crippen LogP contribution in [0, 0.1) is 25.6 Å². The summed E-state index contributed by atoms with van der Waals surface area (Å²) in [6, 6.07) is 6.41. The number of benzene rings is 1. The summed E-state index contributed by atoms with van der Waals surface area (Å²) < 4.78 is 55.9. The summed E-state index contributed by atoms with van der Waals surface area (Å²) in [5, 5.41) is 5.64. The maximum absolute atomic E-state index is 13.8. The van der Waals surface area contributed by atoms with Crippen LogP contribution in [-0.4, -0.2) is 32.3 Å². The van der Waals surface area contributed by atoms with Crippen molar-refractivity contribution in [3.05, 3.63) is 53.2 Å². The molecule has 2 aromatic heterocycles. The van der Waals surface area contributed by atoms with Gasteiger partial charge in [-0.05, 0) is 56.4 Å². The molecule has 0 amide bonds. The van der Waals surface area contributed by atoms with Crippen LogP contribution in [0.3, 0.4) is 0 Å². The van der Waals surface area contributed by atoms with E-state index >= 15 is 0 Å². The van der Waals surface area contributed by atoms with E-state index in [1.54, 1.807) is 28.6 Å². The summed E-state index contributed by atoms with van der Waals surface area (Å²) in [6.45, 7) is 7.95. The highest BCUT2D eigenvalue weighted by molar-refractivity contribution is 8.01. The maximum Gasteiger partial charge on any atom is 0.392 e. The first-order valence-corrected chi connectivity index (χ1v) is 12.9. The van der Waals surface area contributed by atoms with E-state index in [2.05, 4.69) is 18.9 Å². The highest BCUT2D eigenvalue weighted by Crippen LogP contribution is 2.44. The Balaban J connectivity index is 0.00000115. The van der Waals surface area contributed by atoms with Crippen LogP contribution in [0.5, 0.6) is 0 Å². The van der Waals surface area contributed by atoms with Crippen LogP contribution >= 0.6 is 23.1 Å². The van der Waals surface area contributed by atoms with E-state index in [0.717, 1.165) is 38.0 Å². The second-order valence-corrected chi connectivity index (χ2v) is 11.4. The fraction of sp³-hybridized carbons (Fsp3) is 0.400. The third-order valence-corrected chi connectivity index (χ3v) is 7.93. The van der Waals surface area contributed by atoms with Crippen molar-refractivity contribution >= 4 is 34.8 Å². The number of thiazole rings is 1. The van der Waals surface area contributed by atoms with Gasteiger partial charge in [-0.15, -0.1) is 11.8 Å². The first-order valence-electron chi connectivity index (χ1n) is 11.2. The summed E-state index contributed by atoms with van der Waals surface area (Å²) >= 11 is 3.15. The average Bonchev–Trinajstić information content (AvgIpc) is 3.33. The van der Waals surface area contributed by atoms with Gasteiger partial charge in [-0.3, -0.25) is 0 Å². The van der Waals surface area contributed by atoms with Gasteiger partial charge in [0.15, 0.2) is 0 Å². The molecule has 0 radical (unpaired) electrons. The molecule has 3 aromatic rings. The molecular weight excluding hydrogens is 514 g/mol. The minimum Gasteiger partial charge on any atom is -0.217 e. The van der Waals surface area contributed by atoms with Crippen molar-refractivity contribution in [2.24, 2.45) is 5.92 Å². The van der Waals surface area contributed by atoms with Gasteiger partial charge in [-0.1, -0.05) is 43.4 Å². The number of aromatic nitrogens is 3. The van der Waals surface area contributed by atoms with Crippen molar-refractivity contribution in [3.63, 3.8) is 0 Å². The molecule has 0 saturated carbocycles. The van der Waals surface area contributed by atoms with Gasteiger partial charge in [-0.2, -0.15) is 27.9 Å². The van der Waals surface area contributed by atoms with Crippen LogP contribution in [0.1, 0.15) is 50.2 Å². The summed E-state index contributed by atoms with van der Waals surface area (Å²) in [5.74, 6) is -1.60. The number of nitrogens with zero attached hydrogens (tertiary/aromatic N) is 3. The average molecular weight is 540 g/mol. The minimum atomic E-state index is -4.16. The second kappa shape index (κ2) is 11.5. The summed E-state index contributed by atoms with van der Waals surface area (Å²) in [4.78, 5) is 21.1. The predicted molar refractivity (Wildman–Crippen MR) is 131 cm³/mol. The lowest BCUT2D eigenvalue weighted by Gasteiger charge is -2.23. The Bertz CT molecular complexity index is 1290. The van der Waals surface area contributed by atoms with Crippen molar-refractivity contribution < 1.29 is 27.2 Å². The monoisotopic (exact) mass is 539 g/mol. The van der Waals surface area contributed by atoms with Crippen LogP contribution in [0.15, 0.2) is 34.6 Å². The van der Waals surface area contributed by atoms with Crippen LogP contribution in [0.4, 0.5) is 17.6 Å². The molecule has 0 fully saturated rings. The lowest BCUT2D eigenvalue weighted by molar-refractivity contribution is -0.191. The van der Waals surface area contributed by atoms with Crippen LogP contribution < -0.4 is 0 Å². The lowest BCUT2D eigenvalue weighted by Crippen LogP contribution is -2.24. The van der Waals surface area contributed by atoms with E-state index in [1.165, 1.54) is 23.5 Å². The SMILES string of the molecule is Cc1nn(-c2nc(C3=CCC(C(F)(F)F)CC3)c(SC(C)C)s2)c(C)c1-c1cccc(F)c1.O=C=O. The number of halogens is 4. The highest BCUT2D eigenvalue weighted by atomic mass is 32.2. The van der Waals surface area contributed by atoms with Crippen molar-refractivity contribution in [1.82, 2.24) is 14.8 Å². The van der Waals surface area contributed by atoms with Gasteiger partial charge >= 0.3 is 12.3 Å². The normalized spacial score (nSPS) is 15.8. The van der Waals surface area contributed by atoms with E-state index < -0.39 is 12.1 Å². The fourth-order valence-corrected chi connectivity index (χ4v) is 6.67. The molecule has 0 spiro atoms. The topological polar surface area (TPSA) is 64.8 Å². The second-order valence-electron chi connectivity index (χ2n) is 8.59. The Morgan fingerprint density at radius 2 is 1.92 bits per heavy atom. The highest BCUT2D eigenvalue weighted by Gasteiger charge is 2.40. The van der Waals surface area contributed by atoms with E-state index in [-0.39, 0.29) is 24.8 Å². The van der Waals surface area contributed by atoms with Gasteiger partial charge in [0.1, 0.15) is 5.82 Å². The molecule has 5 nitrogen and oxygen atoms in total. The molecule has 0 saturated heterocycles.